The van der Waals surface area contributed by atoms with Crippen LogP contribution in [0.5, 0.6) is 5.75 Å². The molecule has 1 aliphatic rings. The first-order chi connectivity index (χ1) is 8.58. The van der Waals surface area contributed by atoms with Crippen LogP contribution in [0.4, 0.5) is 0 Å². The van der Waals surface area contributed by atoms with Crippen LogP contribution in [0.1, 0.15) is 24.8 Å². The second-order valence-electron chi connectivity index (χ2n) is 4.67. The Morgan fingerprint density at radius 2 is 2.28 bits per heavy atom. The highest BCUT2D eigenvalue weighted by Gasteiger charge is 2.43. The highest BCUT2D eigenvalue weighted by molar-refractivity contribution is 6.30. The van der Waals surface area contributed by atoms with E-state index in [-0.39, 0.29) is 11.7 Å². The molecule has 18 heavy (non-hydrogen) atoms. The largest absolute Gasteiger partial charge is 0.496 e. The van der Waals surface area contributed by atoms with Gasteiger partial charge in [-0.25, -0.2) is 0 Å². The second-order valence-corrected chi connectivity index (χ2v) is 5.11. The molecule has 0 saturated heterocycles. The average molecular weight is 264 g/mol. The molecule has 0 aromatic heterocycles. The number of carbonyl (C=O) groups is 1. The number of rotatable bonds is 4. The lowest BCUT2D eigenvalue weighted by Crippen LogP contribution is -2.14. The third-order valence-corrected chi connectivity index (χ3v) is 3.63. The number of ketones is 1. The van der Waals surface area contributed by atoms with E-state index in [0.717, 1.165) is 6.42 Å². The molecule has 4 heteroatoms. The van der Waals surface area contributed by atoms with Crippen molar-refractivity contribution < 1.29 is 9.53 Å². The molecule has 0 spiro atoms. The maximum atomic E-state index is 12.2. The Morgan fingerprint density at radius 3 is 2.78 bits per heavy atom. The number of nitrogens with zero attached hydrogens (tertiary/aromatic N) is 1. The van der Waals surface area contributed by atoms with Crippen LogP contribution in [0, 0.1) is 23.2 Å². The first-order valence-corrected chi connectivity index (χ1v) is 6.23. The number of nitriles is 1. The molecule has 0 radical (unpaired) electrons. The molecule has 3 atom stereocenters. The van der Waals surface area contributed by atoms with Crippen LogP contribution in [0.15, 0.2) is 18.2 Å². The number of benzene rings is 1. The molecule has 1 aromatic rings. The molecule has 1 aliphatic carbocycles. The van der Waals surface area contributed by atoms with E-state index in [4.69, 9.17) is 16.3 Å². The molecule has 94 valence electrons. The molecule has 0 bridgehead atoms. The lowest BCUT2D eigenvalue weighted by Gasteiger charge is -2.13. The molecule has 3 unspecified atom stereocenters. The summed E-state index contributed by atoms with van der Waals surface area (Å²) in [4.78, 5) is 12.2. The molecule has 0 heterocycles. The fourth-order valence-corrected chi connectivity index (χ4v) is 2.33. The van der Waals surface area contributed by atoms with Crippen molar-refractivity contribution in [3.05, 3.63) is 28.8 Å². The van der Waals surface area contributed by atoms with Gasteiger partial charge >= 0.3 is 0 Å². The Hall–Kier alpha value is -1.53. The number of halogens is 1. The topological polar surface area (TPSA) is 50.1 Å². The third-order valence-electron chi connectivity index (χ3n) is 3.39. The third kappa shape index (κ3) is 2.34. The molecule has 2 rings (SSSR count). The number of hydrogen-bond acceptors (Lipinski definition) is 3. The van der Waals surface area contributed by atoms with Gasteiger partial charge in [-0.2, -0.15) is 5.26 Å². The summed E-state index contributed by atoms with van der Waals surface area (Å²) in [6.45, 7) is 2.02. The van der Waals surface area contributed by atoms with Gasteiger partial charge in [0, 0.05) is 16.5 Å². The molecule has 1 fully saturated rings. The van der Waals surface area contributed by atoms with Gasteiger partial charge in [-0.15, -0.1) is 0 Å². The molecular weight excluding hydrogens is 250 g/mol. The summed E-state index contributed by atoms with van der Waals surface area (Å²) in [5.74, 6) is 0.128. The normalized spacial score (nSPS) is 23.0. The van der Waals surface area contributed by atoms with Gasteiger partial charge in [-0.1, -0.05) is 18.5 Å². The van der Waals surface area contributed by atoms with E-state index >= 15 is 0 Å². The van der Waals surface area contributed by atoms with Crippen molar-refractivity contribution in [2.75, 3.05) is 7.11 Å². The summed E-state index contributed by atoms with van der Waals surface area (Å²) in [6.07, 6.45) is 0.875. The Labute approximate surface area is 111 Å². The summed E-state index contributed by atoms with van der Waals surface area (Å²) in [6, 6.07) is 7.08. The van der Waals surface area contributed by atoms with Gasteiger partial charge in [0.05, 0.1) is 13.2 Å². The SMILES string of the molecule is COc1ccc(Cl)cc1C(C#N)C(=O)C1CC1C. The van der Waals surface area contributed by atoms with E-state index in [2.05, 4.69) is 6.07 Å². The molecule has 1 aromatic carbocycles. The Balaban J connectivity index is 2.35. The zero-order valence-corrected chi connectivity index (χ0v) is 11.1. The van der Waals surface area contributed by atoms with Crippen molar-refractivity contribution in [2.24, 2.45) is 11.8 Å². The maximum absolute atomic E-state index is 12.2. The van der Waals surface area contributed by atoms with Crippen LogP contribution in [-0.2, 0) is 4.79 Å². The van der Waals surface area contributed by atoms with Crippen molar-refractivity contribution in [1.82, 2.24) is 0 Å². The van der Waals surface area contributed by atoms with Crippen molar-refractivity contribution in [2.45, 2.75) is 19.3 Å². The minimum Gasteiger partial charge on any atom is -0.496 e. The molecule has 0 aliphatic heterocycles. The number of ether oxygens (including phenoxy) is 1. The van der Waals surface area contributed by atoms with Crippen molar-refractivity contribution in [3.8, 4) is 11.8 Å². The van der Waals surface area contributed by atoms with Crippen molar-refractivity contribution in [3.63, 3.8) is 0 Å². The quantitative estimate of drug-likeness (QED) is 0.838. The van der Waals surface area contributed by atoms with Crippen LogP contribution >= 0.6 is 11.6 Å². The summed E-state index contributed by atoms with van der Waals surface area (Å²) in [5.41, 5.74) is 0.566. The number of carbonyl (C=O) groups excluding carboxylic acids is 1. The van der Waals surface area contributed by atoms with Gasteiger partial charge in [0.2, 0.25) is 0 Å². The van der Waals surface area contributed by atoms with Crippen molar-refractivity contribution >= 4 is 17.4 Å². The summed E-state index contributed by atoms with van der Waals surface area (Å²) < 4.78 is 5.20. The van der Waals surface area contributed by atoms with E-state index < -0.39 is 5.92 Å². The zero-order chi connectivity index (χ0) is 13.3. The lowest BCUT2D eigenvalue weighted by molar-refractivity contribution is -0.120. The summed E-state index contributed by atoms with van der Waals surface area (Å²) >= 11 is 5.93. The number of hydrogen-bond donors (Lipinski definition) is 0. The van der Waals surface area contributed by atoms with E-state index in [9.17, 15) is 10.1 Å². The van der Waals surface area contributed by atoms with Crippen LogP contribution in [0.2, 0.25) is 5.02 Å². The first kappa shape index (κ1) is 12.9. The fourth-order valence-electron chi connectivity index (χ4n) is 2.15. The first-order valence-electron chi connectivity index (χ1n) is 5.85. The van der Waals surface area contributed by atoms with Crippen LogP contribution in [0.3, 0.4) is 0 Å². The molecule has 3 nitrogen and oxygen atoms in total. The smallest absolute Gasteiger partial charge is 0.157 e. The van der Waals surface area contributed by atoms with Crippen LogP contribution < -0.4 is 4.74 Å². The standard InChI is InChI=1S/C14H14ClNO2/c1-8-5-10(8)14(17)12(7-16)11-6-9(15)3-4-13(11)18-2/h3-4,6,8,10,12H,5H2,1-2H3. The summed E-state index contributed by atoms with van der Waals surface area (Å²) in [5, 5.41) is 9.76. The highest BCUT2D eigenvalue weighted by Crippen LogP contribution is 2.43. The average Bonchev–Trinajstić information content (AvgIpc) is 3.07. The summed E-state index contributed by atoms with van der Waals surface area (Å²) in [7, 11) is 1.52. The second kappa shape index (κ2) is 4.99. The predicted molar refractivity (Wildman–Crippen MR) is 68.6 cm³/mol. The van der Waals surface area contributed by atoms with Crippen molar-refractivity contribution in [1.29, 1.82) is 5.26 Å². The number of methoxy groups -OCH3 is 1. The molecular formula is C14H14ClNO2. The van der Waals surface area contributed by atoms with Gasteiger partial charge in [-0.3, -0.25) is 4.79 Å². The van der Waals surface area contributed by atoms with E-state index in [1.165, 1.54) is 7.11 Å². The molecule has 0 N–H and O–H groups in total. The monoisotopic (exact) mass is 263 g/mol. The Bertz CT molecular complexity index is 521. The number of Topliss-reactive ketones (excluding diaryl/α,β-unsaturated/α-hetero) is 1. The van der Waals surface area contributed by atoms with Crippen LogP contribution in [-0.4, -0.2) is 12.9 Å². The lowest BCUT2D eigenvalue weighted by atomic mass is 9.92. The van der Waals surface area contributed by atoms with Gasteiger partial charge in [0.25, 0.3) is 0 Å². The molecule has 1 saturated carbocycles. The van der Waals surface area contributed by atoms with E-state index in [1.54, 1.807) is 18.2 Å². The van der Waals surface area contributed by atoms with Gasteiger partial charge in [0.1, 0.15) is 11.7 Å². The van der Waals surface area contributed by atoms with E-state index in [0.29, 0.717) is 22.3 Å². The Kier molecular flexibility index (Phi) is 3.58. The predicted octanol–water partition coefficient (Wildman–Crippen LogP) is 3.18. The van der Waals surface area contributed by atoms with Crippen LogP contribution in [0.25, 0.3) is 0 Å². The minimum absolute atomic E-state index is 0.0123. The molecule has 0 amide bonds. The minimum atomic E-state index is -0.784. The zero-order valence-electron chi connectivity index (χ0n) is 10.3. The van der Waals surface area contributed by atoms with Gasteiger partial charge < -0.3 is 4.74 Å². The highest BCUT2D eigenvalue weighted by atomic mass is 35.5. The maximum Gasteiger partial charge on any atom is 0.157 e. The van der Waals surface area contributed by atoms with E-state index in [1.807, 2.05) is 6.92 Å². The Morgan fingerprint density at radius 1 is 1.61 bits per heavy atom. The van der Waals surface area contributed by atoms with Gasteiger partial charge in [0.15, 0.2) is 5.78 Å². The van der Waals surface area contributed by atoms with Gasteiger partial charge in [-0.05, 0) is 30.5 Å². The fraction of sp³-hybridized carbons (Fsp3) is 0.429.